The maximum absolute atomic E-state index is 6.00. The first-order valence-electron chi connectivity index (χ1n) is 8.40. The number of nitrogens with one attached hydrogen (secondary N) is 1. The second kappa shape index (κ2) is 8.15. The molecule has 0 atom stereocenters. The van der Waals surface area contributed by atoms with Crippen molar-refractivity contribution in [2.24, 2.45) is 10.7 Å². The van der Waals surface area contributed by atoms with Gasteiger partial charge in [0.1, 0.15) is 10.8 Å². The first kappa shape index (κ1) is 16.8. The van der Waals surface area contributed by atoms with Gasteiger partial charge in [0.05, 0.1) is 19.3 Å². The van der Waals surface area contributed by atoms with Crippen LogP contribution in [-0.4, -0.2) is 24.1 Å². The van der Waals surface area contributed by atoms with Crippen LogP contribution in [0.3, 0.4) is 0 Å². The van der Waals surface area contributed by atoms with Crippen molar-refractivity contribution in [3.05, 3.63) is 35.3 Å². The summed E-state index contributed by atoms with van der Waals surface area (Å²) in [6.45, 7) is 0.512. The van der Waals surface area contributed by atoms with E-state index in [-0.39, 0.29) is 0 Å². The molecule has 128 valence electrons. The van der Waals surface area contributed by atoms with Crippen LogP contribution >= 0.6 is 11.3 Å². The van der Waals surface area contributed by atoms with Crippen LogP contribution in [0.2, 0.25) is 0 Å². The van der Waals surface area contributed by atoms with Crippen molar-refractivity contribution in [2.45, 2.75) is 44.7 Å². The number of benzene rings is 1. The molecule has 0 spiro atoms. The number of thiazole rings is 1. The van der Waals surface area contributed by atoms with Crippen molar-refractivity contribution in [3.63, 3.8) is 0 Å². The second-order valence-corrected chi connectivity index (χ2v) is 6.91. The quantitative estimate of drug-likeness (QED) is 0.642. The van der Waals surface area contributed by atoms with E-state index in [2.05, 4.69) is 15.3 Å². The van der Waals surface area contributed by atoms with Crippen molar-refractivity contribution < 1.29 is 4.74 Å². The van der Waals surface area contributed by atoms with E-state index in [0.717, 1.165) is 22.0 Å². The number of methoxy groups -OCH3 is 1. The van der Waals surface area contributed by atoms with Crippen LogP contribution in [0.5, 0.6) is 5.75 Å². The zero-order valence-corrected chi connectivity index (χ0v) is 14.8. The lowest BCUT2D eigenvalue weighted by Crippen LogP contribution is -2.41. The maximum atomic E-state index is 6.00. The molecule has 2 aromatic rings. The fraction of sp³-hybridized carbons (Fsp3) is 0.444. The molecule has 0 saturated heterocycles. The highest BCUT2D eigenvalue weighted by Gasteiger charge is 2.13. The third-order valence-corrected chi connectivity index (χ3v) is 5.20. The van der Waals surface area contributed by atoms with E-state index in [0.29, 0.717) is 18.5 Å². The molecule has 1 aromatic carbocycles. The van der Waals surface area contributed by atoms with Crippen molar-refractivity contribution in [1.82, 2.24) is 10.3 Å². The summed E-state index contributed by atoms with van der Waals surface area (Å²) in [5.41, 5.74) is 8.03. The third kappa shape index (κ3) is 4.47. The standard InChI is InChI=1S/C18H24N4OS/c1-23-16-9-7-13(8-10-16)17-21-15(12-24-17)11-20-18(19)22-14-5-3-2-4-6-14/h7-10,12,14H,2-6,11H2,1H3,(H3,19,20,22). The summed E-state index contributed by atoms with van der Waals surface area (Å²) < 4.78 is 5.18. The maximum Gasteiger partial charge on any atom is 0.189 e. The number of nitrogens with two attached hydrogens (primary N) is 1. The minimum Gasteiger partial charge on any atom is -0.497 e. The molecule has 3 rings (SSSR count). The van der Waals surface area contributed by atoms with Crippen LogP contribution in [0.4, 0.5) is 0 Å². The summed E-state index contributed by atoms with van der Waals surface area (Å²) >= 11 is 1.62. The molecule has 0 unspecified atom stereocenters. The Hall–Kier alpha value is -2.08. The average Bonchev–Trinajstić information content (AvgIpc) is 3.10. The van der Waals surface area contributed by atoms with E-state index >= 15 is 0 Å². The summed E-state index contributed by atoms with van der Waals surface area (Å²) in [6.07, 6.45) is 6.27. The number of guanidine groups is 1. The zero-order chi connectivity index (χ0) is 16.8. The largest absolute Gasteiger partial charge is 0.497 e. The van der Waals surface area contributed by atoms with Gasteiger partial charge in [-0.05, 0) is 37.1 Å². The molecule has 1 aliphatic carbocycles. The Kier molecular flexibility index (Phi) is 5.69. The molecular weight excluding hydrogens is 320 g/mol. The van der Waals surface area contributed by atoms with Crippen LogP contribution in [0.15, 0.2) is 34.6 Å². The fourth-order valence-corrected chi connectivity index (χ4v) is 3.73. The Morgan fingerprint density at radius 3 is 2.75 bits per heavy atom. The number of aliphatic imine (C=N–C) groups is 1. The summed E-state index contributed by atoms with van der Waals surface area (Å²) in [5.74, 6) is 1.38. The normalized spacial score (nSPS) is 16.1. The van der Waals surface area contributed by atoms with Gasteiger partial charge in [0.25, 0.3) is 0 Å². The minimum absolute atomic E-state index is 0.479. The first-order chi connectivity index (χ1) is 11.7. The zero-order valence-electron chi connectivity index (χ0n) is 14.0. The first-order valence-corrected chi connectivity index (χ1v) is 9.28. The molecule has 24 heavy (non-hydrogen) atoms. The predicted octanol–water partition coefficient (Wildman–Crippen LogP) is 3.56. The molecule has 0 amide bonds. The Morgan fingerprint density at radius 2 is 2.04 bits per heavy atom. The van der Waals surface area contributed by atoms with Crippen LogP contribution in [-0.2, 0) is 6.54 Å². The number of nitrogens with zero attached hydrogens (tertiary/aromatic N) is 2. The molecule has 3 N–H and O–H groups in total. The van der Waals surface area contributed by atoms with Crippen LogP contribution in [0, 0.1) is 0 Å². The molecule has 1 aliphatic rings. The van der Waals surface area contributed by atoms with Gasteiger partial charge in [0.15, 0.2) is 5.96 Å². The average molecular weight is 344 g/mol. The lowest BCUT2D eigenvalue weighted by atomic mass is 9.96. The van der Waals surface area contributed by atoms with Gasteiger partial charge in [0.2, 0.25) is 0 Å². The van der Waals surface area contributed by atoms with E-state index in [9.17, 15) is 0 Å². The van der Waals surface area contributed by atoms with Gasteiger partial charge in [-0.25, -0.2) is 9.98 Å². The number of rotatable bonds is 5. The molecule has 6 heteroatoms. The van der Waals surface area contributed by atoms with Crippen LogP contribution in [0.25, 0.3) is 10.6 Å². The van der Waals surface area contributed by atoms with Gasteiger partial charge in [-0.15, -0.1) is 11.3 Å². The highest BCUT2D eigenvalue weighted by atomic mass is 32.1. The lowest BCUT2D eigenvalue weighted by molar-refractivity contribution is 0.412. The lowest BCUT2D eigenvalue weighted by Gasteiger charge is -2.23. The van der Waals surface area contributed by atoms with Crippen molar-refractivity contribution in [1.29, 1.82) is 0 Å². The predicted molar refractivity (Wildman–Crippen MR) is 99.4 cm³/mol. The van der Waals surface area contributed by atoms with Crippen LogP contribution in [0.1, 0.15) is 37.8 Å². The molecule has 0 bridgehead atoms. The Balaban J connectivity index is 1.57. The van der Waals surface area contributed by atoms with E-state index in [1.165, 1.54) is 32.1 Å². The molecule has 0 radical (unpaired) electrons. The highest BCUT2D eigenvalue weighted by molar-refractivity contribution is 7.13. The molecule has 1 saturated carbocycles. The Bertz CT molecular complexity index is 675. The van der Waals surface area contributed by atoms with Crippen molar-refractivity contribution in [3.8, 4) is 16.3 Å². The second-order valence-electron chi connectivity index (χ2n) is 6.05. The topological polar surface area (TPSA) is 72.5 Å². The van der Waals surface area contributed by atoms with Crippen molar-refractivity contribution >= 4 is 17.3 Å². The fourth-order valence-electron chi connectivity index (χ4n) is 2.91. The summed E-state index contributed by atoms with van der Waals surface area (Å²) in [5, 5.41) is 6.36. The SMILES string of the molecule is COc1ccc(-c2nc(CN=C(N)NC3CCCCC3)cs2)cc1. The van der Waals surface area contributed by atoms with Crippen molar-refractivity contribution in [2.75, 3.05) is 7.11 Å². The van der Waals surface area contributed by atoms with Gasteiger partial charge < -0.3 is 15.8 Å². The number of ether oxygens (including phenoxy) is 1. The van der Waals surface area contributed by atoms with Gasteiger partial charge in [0, 0.05) is 17.0 Å². The Morgan fingerprint density at radius 1 is 1.29 bits per heavy atom. The van der Waals surface area contributed by atoms with E-state index in [1.54, 1.807) is 18.4 Å². The number of hydrogen-bond donors (Lipinski definition) is 2. The van der Waals surface area contributed by atoms with Gasteiger partial charge in [-0.3, -0.25) is 0 Å². The van der Waals surface area contributed by atoms with Gasteiger partial charge in [-0.2, -0.15) is 0 Å². The molecule has 1 heterocycles. The smallest absolute Gasteiger partial charge is 0.189 e. The summed E-state index contributed by atoms with van der Waals surface area (Å²) in [7, 11) is 1.67. The molecule has 1 fully saturated rings. The van der Waals surface area contributed by atoms with Crippen LogP contribution < -0.4 is 15.8 Å². The van der Waals surface area contributed by atoms with Gasteiger partial charge in [-0.1, -0.05) is 19.3 Å². The van der Waals surface area contributed by atoms with Gasteiger partial charge >= 0.3 is 0 Å². The summed E-state index contributed by atoms with van der Waals surface area (Å²) in [4.78, 5) is 9.07. The molecule has 1 aromatic heterocycles. The molecular formula is C18H24N4OS. The summed E-state index contributed by atoms with van der Waals surface area (Å²) in [6, 6.07) is 8.40. The monoisotopic (exact) mass is 344 g/mol. The minimum atomic E-state index is 0.479. The third-order valence-electron chi connectivity index (χ3n) is 4.26. The number of aromatic nitrogens is 1. The number of hydrogen-bond acceptors (Lipinski definition) is 4. The highest BCUT2D eigenvalue weighted by Crippen LogP contribution is 2.26. The Labute approximate surface area is 147 Å². The van der Waals surface area contributed by atoms with E-state index in [4.69, 9.17) is 10.5 Å². The van der Waals surface area contributed by atoms with E-state index < -0.39 is 0 Å². The van der Waals surface area contributed by atoms with E-state index in [1.807, 2.05) is 29.6 Å². The molecule has 0 aliphatic heterocycles. The molecule has 5 nitrogen and oxygen atoms in total.